The minimum Gasteiger partial charge on any atom is -0.496 e. The second-order valence-electron chi connectivity index (χ2n) is 6.08. The lowest BCUT2D eigenvalue weighted by atomic mass is 10.1. The van der Waals surface area contributed by atoms with Crippen LogP contribution in [0.25, 0.3) is 6.08 Å². The molecule has 0 fully saturated rings. The first-order chi connectivity index (χ1) is 13.6. The Bertz CT molecular complexity index is 892. The van der Waals surface area contributed by atoms with Gasteiger partial charge in [0.2, 0.25) is 6.79 Å². The third-order valence-electron chi connectivity index (χ3n) is 4.16. The zero-order valence-corrected chi connectivity index (χ0v) is 15.6. The Morgan fingerprint density at radius 1 is 1.18 bits per heavy atom. The smallest absolute Gasteiger partial charge is 0.331 e. The summed E-state index contributed by atoms with van der Waals surface area (Å²) in [5.74, 6) is 0.951. The van der Waals surface area contributed by atoms with Crippen molar-refractivity contribution < 1.29 is 28.5 Å². The topological polar surface area (TPSA) is 83.1 Å². The third-order valence-corrected chi connectivity index (χ3v) is 4.16. The van der Waals surface area contributed by atoms with Gasteiger partial charge in [-0.3, -0.25) is 4.79 Å². The van der Waals surface area contributed by atoms with E-state index in [4.69, 9.17) is 18.9 Å². The van der Waals surface area contributed by atoms with Gasteiger partial charge in [-0.2, -0.15) is 0 Å². The third kappa shape index (κ3) is 4.82. The van der Waals surface area contributed by atoms with E-state index in [0.29, 0.717) is 17.2 Å². The van der Waals surface area contributed by atoms with E-state index in [-0.39, 0.29) is 19.4 Å². The van der Waals surface area contributed by atoms with Crippen molar-refractivity contribution >= 4 is 18.0 Å². The molecule has 2 aromatic carbocycles. The highest BCUT2D eigenvalue weighted by atomic mass is 16.7. The number of fused-ring (bicyclic) bond motifs is 1. The second kappa shape index (κ2) is 8.94. The molecule has 1 aliphatic rings. The van der Waals surface area contributed by atoms with Gasteiger partial charge in [-0.1, -0.05) is 24.3 Å². The molecule has 7 nitrogen and oxygen atoms in total. The van der Waals surface area contributed by atoms with Crippen molar-refractivity contribution in [1.29, 1.82) is 0 Å². The van der Waals surface area contributed by atoms with Crippen LogP contribution in [0.3, 0.4) is 0 Å². The standard InChI is InChI=1S/C21H21NO6/c1-14(16-7-9-18-19(11-16)28-13-27-18)22-20(23)12-26-21(24)10-8-15-5-3-4-6-17(15)25-2/h3-11,14H,12-13H2,1-2H3,(H,22,23)/b10-8+/t14-/m0/s1. The van der Waals surface area contributed by atoms with Crippen molar-refractivity contribution in [3.63, 3.8) is 0 Å². The SMILES string of the molecule is COc1ccccc1/C=C/C(=O)OCC(=O)N[C@@H](C)c1ccc2c(c1)OCO2. The van der Waals surface area contributed by atoms with Gasteiger partial charge < -0.3 is 24.3 Å². The molecular weight excluding hydrogens is 362 g/mol. The molecule has 0 radical (unpaired) electrons. The molecule has 0 aromatic heterocycles. The summed E-state index contributed by atoms with van der Waals surface area (Å²) in [5, 5.41) is 2.78. The van der Waals surface area contributed by atoms with Crippen LogP contribution in [0.4, 0.5) is 0 Å². The number of esters is 1. The number of ether oxygens (including phenoxy) is 4. The summed E-state index contributed by atoms with van der Waals surface area (Å²) in [5.41, 5.74) is 1.60. The number of carbonyl (C=O) groups excluding carboxylic acids is 2. The molecule has 0 saturated carbocycles. The summed E-state index contributed by atoms with van der Waals surface area (Å²) in [4.78, 5) is 23.9. The second-order valence-corrected chi connectivity index (χ2v) is 6.08. The van der Waals surface area contributed by atoms with Gasteiger partial charge >= 0.3 is 5.97 Å². The van der Waals surface area contributed by atoms with E-state index in [1.807, 2.05) is 37.3 Å². The Balaban J connectivity index is 1.48. The van der Waals surface area contributed by atoms with Crippen molar-refractivity contribution in [3.05, 3.63) is 59.7 Å². The molecule has 0 saturated heterocycles. The Morgan fingerprint density at radius 2 is 1.96 bits per heavy atom. The predicted octanol–water partition coefficient (Wildman–Crippen LogP) is 2.86. The maximum Gasteiger partial charge on any atom is 0.331 e. The average Bonchev–Trinajstić information content (AvgIpc) is 3.18. The Morgan fingerprint density at radius 3 is 2.79 bits per heavy atom. The maximum absolute atomic E-state index is 12.1. The highest BCUT2D eigenvalue weighted by molar-refractivity contribution is 5.89. The molecular formula is C21H21NO6. The van der Waals surface area contributed by atoms with E-state index < -0.39 is 11.9 Å². The van der Waals surface area contributed by atoms with Crippen LogP contribution >= 0.6 is 0 Å². The molecule has 1 aliphatic heterocycles. The summed E-state index contributed by atoms with van der Waals surface area (Å²) >= 11 is 0. The number of para-hydroxylation sites is 1. The van der Waals surface area contributed by atoms with Crippen molar-refractivity contribution in [2.75, 3.05) is 20.5 Å². The zero-order valence-electron chi connectivity index (χ0n) is 15.6. The Kier molecular flexibility index (Phi) is 6.16. The molecule has 2 aromatic rings. The minimum atomic E-state index is -0.614. The number of carbonyl (C=O) groups is 2. The number of methoxy groups -OCH3 is 1. The first kappa shape index (κ1) is 19.3. The number of benzene rings is 2. The highest BCUT2D eigenvalue weighted by Crippen LogP contribution is 2.34. The maximum atomic E-state index is 12.1. The molecule has 28 heavy (non-hydrogen) atoms. The highest BCUT2D eigenvalue weighted by Gasteiger charge is 2.17. The van der Waals surface area contributed by atoms with Crippen molar-refractivity contribution in [3.8, 4) is 17.2 Å². The molecule has 1 amide bonds. The Hall–Kier alpha value is -3.48. The van der Waals surface area contributed by atoms with Gasteiger partial charge in [0.1, 0.15) is 5.75 Å². The fourth-order valence-corrected chi connectivity index (χ4v) is 2.70. The van der Waals surface area contributed by atoms with Crippen LogP contribution in [-0.4, -0.2) is 32.4 Å². The van der Waals surface area contributed by atoms with Crippen LogP contribution in [-0.2, 0) is 14.3 Å². The molecule has 0 spiro atoms. The molecule has 1 heterocycles. The molecule has 0 aliphatic carbocycles. The Labute approximate surface area is 162 Å². The lowest BCUT2D eigenvalue weighted by molar-refractivity contribution is -0.144. The van der Waals surface area contributed by atoms with Crippen LogP contribution in [0.15, 0.2) is 48.5 Å². The van der Waals surface area contributed by atoms with Crippen molar-refractivity contribution in [1.82, 2.24) is 5.32 Å². The minimum absolute atomic E-state index is 0.192. The van der Waals surface area contributed by atoms with E-state index in [1.54, 1.807) is 25.3 Å². The van der Waals surface area contributed by atoms with Crippen molar-refractivity contribution in [2.24, 2.45) is 0 Å². The summed E-state index contributed by atoms with van der Waals surface area (Å²) in [6.45, 7) is 1.65. The van der Waals surface area contributed by atoms with Crippen molar-refractivity contribution in [2.45, 2.75) is 13.0 Å². The van der Waals surface area contributed by atoms with E-state index in [2.05, 4.69) is 5.32 Å². The quantitative estimate of drug-likeness (QED) is 0.585. The van der Waals surface area contributed by atoms with E-state index in [0.717, 1.165) is 11.1 Å². The molecule has 146 valence electrons. The van der Waals surface area contributed by atoms with Crippen LogP contribution in [0, 0.1) is 0 Å². The normalized spacial score (nSPS) is 13.2. The van der Waals surface area contributed by atoms with Gasteiger partial charge in [0.05, 0.1) is 13.2 Å². The summed E-state index contributed by atoms with van der Waals surface area (Å²) < 4.78 is 20.8. The van der Waals surface area contributed by atoms with Crippen LogP contribution in [0.2, 0.25) is 0 Å². The molecule has 1 N–H and O–H groups in total. The fraction of sp³-hybridized carbons (Fsp3) is 0.238. The fourth-order valence-electron chi connectivity index (χ4n) is 2.70. The van der Waals surface area contributed by atoms with Gasteiger partial charge in [-0.15, -0.1) is 0 Å². The van der Waals surface area contributed by atoms with E-state index >= 15 is 0 Å². The molecule has 3 rings (SSSR count). The number of amides is 1. The van der Waals surface area contributed by atoms with Crippen LogP contribution in [0.5, 0.6) is 17.2 Å². The zero-order chi connectivity index (χ0) is 19.9. The number of hydrogen-bond acceptors (Lipinski definition) is 6. The van der Waals surface area contributed by atoms with E-state index in [9.17, 15) is 9.59 Å². The van der Waals surface area contributed by atoms with Gasteiger partial charge in [0.15, 0.2) is 18.1 Å². The van der Waals surface area contributed by atoms with Gasteiger partial charge in [0.25, 0.3) is 5.91 Å². The summed E-state index contributed by atoms with van der Waals surface area (Å²) in [6.07, 6.45) is 2.83. The monoisotopic (exact) mass is 383 g/mol. The van der Waals surface area contributed by atoms with Gasteiger partial charge in [-0.25, -0.2) is 4.79 Å². The molecule has 7 heteroatoms. The first-order valence-electron chi connectivity index (χ1n) is 8.73. The molecule has 0 bridgehead atoms. The van der Waals surface area contributed by atoms with Crippen LogP contribution < -0.4 is 19.5 Å². The number of nitrogens with one attached hydrogen (secondary N) is 1. The first-order valence-corrected chi connectivity index (χ1v) is 8.73. The lowest BCUT2D eigenvalue weighted by Crippen LogP contribution is -2.30. The number of rotatable bonds is 7. The van der Waals surface area contributed by atoms with Gasteiger partial charge in [0, 0.05) is 11.6 Å². The predicted molar refractivity (Wildman–Crippen MR) is 102 cm³/mol. The molecule has 1 atom stereocenters. The molecule has 0 unspecified atom stereocenters. The average molecular weight is 383 g/mol. The number of hydrogen-bond donors (Lipinski definition) is 1. The van der Waals surface area contributed by atoms with Crippen LogP contribution in [0.1, 0.15) is 24.1 Å². The largest absolute Gasteiger partial charge is 0.496 e. The lowest BCUT2D eigenvalue weighted by Gasteiger charge is -2.14. The summed E-state index contributed by atoms with van der Waals surface area (Å²) in [7, 11) is 1.55. The van der Waals surface area contributed by atoms with Gasteiger partial charge in [-0.05, 0) is 36.8 Å². The van der Waals surface area contributed by atoms with E-state index in [1.165, 1.54) is 6.08 Å². The summed E-state index contributed by atoms with van der Waals surface area (Å²) in [6, 6.07) is 12.4.